The lowest BCUT2D eigenvalue weighted by molar-refractivity contribution is 0.102. The molecule has 0 aliphatic heterocycles. The lowest BCUT2D eigenvalue weighted by Gasteiger charge is -2.11. The van der Waals surface area contributed by atoms with E-state index in [1.165, 1.54) is 6.07 Å². The molecule has 0 unspecified atom stereocenters. The SMILES string of the molecule is Nc1cc(C(=O)Nc2cc(Cl)ccc2-n2cccn2)[nH]n1. The Morgan fingerprint density at radius 1 is 1.38 bits per heavy atom. The van der Waals surface area contributed by atoms with Gasteiger partial charge in [-0.15, -0.1) is 0 Å². The normalized spacial score (nSPS) is 10.5. The molecule has 106 valence electrons. The van der Waals surface area contributed by atoms with Crippen molar-refractivity contribution in [3.8, 4) is 5.69 Å². The molecule has 4 N–H and O–H groups in total. The summed E-state index contributed by atoms with van der Waals surface area (Å²) in [5.41, 5.74) is 6.98. The maximum atomic E-state index is 12.1. The molecule has 0 bridgehead atoms. The molecule has 3 rings (SSSR count). The highest BCUT2D eigenvalue weighted by atomic mass is 35.5. The highest BCUT2D eigenvalue weighted by molar-refractivity contribution is 6.31. The van der Waals surface area contributed by atoms with Gasteiger partial charge in [-0.25, -0.2) is 4.68 Å². The number of rotatable bonds is 3. The van der Waals surface area contributed by atoms with Crippen molar-refractivity contribution in [3.63, 3.8) is 0 Å². The Morgan fingerprint density at radius 2 is 2.24 bits per heavy atom. The van der Waals surface area contributed by atoms with Crippen LogP contribution < -0.4 is 11.1 Å². The van der Waals surface area contributed by atoms with Crippen LogP contribution in [-0.2, 0) is 0 Å². The number of aromatic amines is 1. The fourth-order valence-electron chi connectivity index (χ4n) is 1.86. The molecule has 0 spiro atoms. The summed E-state index contributed by atoms with van der Waals surface area (Å²) in [7, 11) is 0. The molecule has 2 aromatic heterocycles. The first-order valence-corrected chi connectivity index (χ1v) is 6.43. The molecule has 8 heteroatoms. The van der Waals surface area contributed by atoms with Gasteiger partial charge in [0, 0.05) is 23.5 Å². The maximum absolute atomic E-state index is 12.1. The first kappa shape index (κ1) is 13.2. The standard InChI is InChI=1S/C13H11ClN6O/c14-8-2-3-11(20-5-1-4-16-20)9(6-8)17-13(21)10-7-12(15)19-18-10/h1-7H,(H,17,21)(H3,15,18,19). The lowest BCUT2D eigenvalue weighted by Crippen LogP contribution is -2.14. The van der Waals surface area contributed by atoms with Gasteiger partial charge in [0.05, 0.1) is 11.4 Å². The number of carbonyl (C=O) groups excluding carboxylic acids is 1. The second kappa shape index (κ2) is 5.29. The molecule has 1 amide bonds. The number of nitrogens with two attached hydrogens (primary N) is 1. The number of nitrogens with one attached hydrogen (secondary N) is 2. The van der Waals surface area contributed by atoms with Gasteiger partial charge in [0.25, 0.3) is 5.91 Å². The molecule has 0 aliphatic rings. The second-order valence-corrected chi connectivity index (χ2v) is 4.71. The number of amides is 1. The molecule has 1 aromatic carbocycles. The number of hydrogen-bond acceptors (Lipinski definition) is 4. The quantitative estimate of drug-likeness (QED) is 0.689. The van der Waals surface area contributed by atoms with Crippen molar-refractivity contribution in [2.24, 2.45) is 0 Å². The topological polar surface area (TPSA) is 102 Å². The van der Waals surface area contributed by atoms with E-state index >= 15 is 0 Å². The van der Waals surface area contributed by atoms with Gasteiger partial charge in [0.1, 0.15) is 11.5 Å². The molecular weight excluding hydrogens is 292 g/mol. The third-order valence-electron chi connectivity index (χ3n) is 2.80. The number of halogens is 1. The molecule has 7 nitrogen and oxygen atoms in total. The first-order valence-electron chi connectivity index (χ1n) is 6.05. The zero-order chi connectivity index (χ0) is 14.8. The van der Waals surface area contributed by atoms with Crippen LogP contribution in [0.2, 0.25) is 5.02 Å². The van der Waals surface area contributed by atoms with Gasteiger partial charge < -0.3 is 11.1 Å². The molecule has 0 saturated carbocycles. The second-order valence-electron chi connectivity index (χ2n) is 4.27. The summed E-state index contributed by atoms with van der Waals surface area (Å²) < 4.78 is 1.63. The van der Waals surface area contributed by atoms with E-state index in [1.54, 1.807) is 41.3 Å². The highest BCUT2D eigenvalue weighted by Crippen LogP contribution is 2.24. The van der Waals surface area contributed by atoms with Gasteiger partial charge in [0.15, 0.2) is 0 Å². The Labute approximate surface area is 124 Å². The van der Waals surface area contributed by atoms with Crippen LogP contribution in [0, 0.1) is 0 Å². The van der Waals surface area contributed by atoms with Crippen molar-refractivity contribution in [1.82, 2.24) is 20.0 Å². The molecule has 0 atom stereocenters. The van der Waals surface area contributed by atoms with Crippen LogP contribution in [0.25, 0.3) is 5.69 Å². The number of H-pyrrole nitrogens is 1. The smallest absolute Gasteiger partial charge is 0.273 e. The largest absolute Gasteiger partial charge is 0.382 e. The summed E-state index contributed by atoms with van der Waals surface area (Å²) in [6, 6.07) is 8.38. The predicted molar refractivity (Wildman–Crippen MR) is 79.5 cm³/mol. The van der Waals surface area contributed by atoms with E-state index in [9.17, 15) is 4.79 Å². The fraction of sp³-hybridized carbons (Fsp3) is 0. The predicted octanol–water partition coefficient (Wildman–Crippen LogP) is 2.08. The van der Waals surface area contributed by atoms with Crippen molar-refractivity contribution in [2.45, 2.75) is 0 Å². The Kier molecular flexibility index (Phi) is 3.33. The highest BCUT2D eigenvalue weighted by Gasteiger charge is 2.13. The van der Waals surface area contributed by atoms with E-state index in [4.69, 9.17) is 17.3 Å². The van der Waals surface area contributed by atoms with Crippen molar-refractivity contribution in [1.29, 1.82) is 0 Å². The third kappa shape index (κ3) is 2.72. The van der Waals surface area contributed by atoms with Gasteiger partial charge in [-0.05, 0) is 24.3 Å². The molecule has 21 heavy (non-hydrogen) atoms. The van der Waals surface area contributed by atoms with Crippen LogP contribution in [-0.4, -0.2) is 25.9 Å². The number of aromatic nitrogens is 4. The Bertz CT molecular complexity index is 780. The summed E-state index contributed by atoms with van der Waals surface area (Å²) in [5, 5.41) is 13.7. The average molecular weight is 303 g/mol. The summed E-state index contributed by atoms with van der Waals surface area (Å²) in [6.07, 6.45) is 3.42. The van der Waals surface area contributed by atoms with E-state index < -0.39 is 0 Å². The van der Waals surface area contributed by atoms with Crippen molar-refractivity contribution < 1.29 is 4.79 Å². The van der Waals surface area contributed by atoms with Crippen LogP contribution in [0.3, 0.4) is 0 Å². The van der Waals surface area contributed by atoms with Crippen LogP contribution in [0.1, 0.15) is 10.5 Å². The minimum Gasteiger partial charge on any atom is -0.382 e. The Morgan fingerprint density at radius 3 is 2.90 bits per heavy atom. The van der Waals surface area contributed by atoms with Crippen molar-refractivity contribution in [3.05, 3.63) is 53.4 Å². The van der Waals surface area contributed by atoms with E-state index in [0.29, 0.717) is 16.4 Å². The lowest BCUT2D eigenvalue weighted by atomic mass is 10.2. The van der Waals surface area contributed by atoms with Gasteiger partial charge in [0.2, 0.25) is 0 Å². The Hall–Kier alpha value is -2.80. The summed E-state index contributed by atoms with van der Waals surface area (Å²) in [4.78, 5) is 12.1. The minimum absolute atomic E-state index is 0.249. The molecular formula is C13H11ClN6O. The van der Waals surface area contributed by atoms with Gasteiger partial charge in [-0.1, -0.05) is 11.6 Å². The van der Waals surface area contributed by atoms with Crippen LogP contribution in [0.15, 0.2) is 42.7 Å². The zero-order valence-corrected chi connectivity index (χ0v) is 11.5. The van der Waals surface area contributed by atoms with E-state index in [1.807, 2.05) is 0 Å². The first-order chi connectivity index (χ1) is 10.1. The molecule has 2 heterocycles. The van der Waals surface area contributed by atoms with Gasteiger partial charge >= 0.3 is 0 Å². The zero-order valence-electron chi connectivity index (χ0n) is 10.7. The fourth-order valence-corrected chi connectivity index (χ4v) is 2.03. The third-order valence-corrected chi connectivity index (χ3v) is 3.04. The monoisotopic (exact) mass is 302 g/mol. The molecule has 0 saturated heterocycles. The summed E-state index contributed by atoms with van der Waals surface area (Å²) in [6.45, 7) is 0. The number of anilines is 2. The minimum atomic E-state index is -0.366. The van der Waals surface area contributed by atoms with Crippen LogP contribution in [0.5, 0.6) is 0 Å². The molecule has 0 radical (unpaired) electrons. The number of benzene rings is 1. The summed E-state index contributed by atoms with van der Waals surface area (Å²) in [5.74, 6) is -0.117. The van der Waals surface area contributed by atoms with Crippen molar-refractivity contribution >= 4 is 29.0 Å². The average Bonchev–Trinajstić information content (AvgIpc) is 3.10. The molecule has 0 fully saturated rings. The number of carbonyl (C=O) groups is 1. The van der Waals surface area contributed by atoms with Gasteiger partial charge in [-0.2, -0.15) is 10.2 Å². The molecule has 0 aliphatic carbocycles. The van der Waals surface area contributed by atoms with Crippen molar-refractivity contribution in [2.75, 3.05) is 11.1 Å². The number of hydrogen-bond donors (Lipinski definition) is 3. The van der Waals surface area contributed by atoms with Crippen LogP contribution >= 0.6 is 11.6 Å². The van der Waals surface area contributed by atoms with E-state index in [0.717, 1.165) is 0 Å². The molecule has 3 aromatic rings. The van der Waals surface area contributed by atoms with E-state index in [-0.39, 0.29) is 17.4 Å². The van der Waals surface area contributed by atoms with Crippen LogP contribution in [0.4, 0.5) is 11.5 Å². The number of nitrogens with zero attached hydrogens (tertiary/aromatic N) is 3. The Balaban J connectivity index is 1.94. The van der Waals surface area contributed by atoms with E-state index in [2.05, 4.69) is 20.6 Å². The number of nitrogen functional groups attached to an aromatic ring is 1. The maximum Gasteiger partial charge on any atom is 0.273 e. The summed E-state index contributed by atoms with van der Waals surface area (Å²) >= 11 is 5.99. The van der Waals surface area contributed by atoms with Gasteiger partial charge in [-0.3, -0.25) is 9.89 Å².